The molecule has 2 aromatic heterocycles. The second-order valence-corrected chi connectivity index (χ2v) is 12.1. The fourth-order valence-corrected chi connectivity index (χ4v) is 6.30. The number of nitrogens with zero attached hydrogens (tertiary/aromatic N) is 2. The first-order valence-corrected chi connectivity index (χ1v) is 13.8. The minimum absolute atomic E-state index is 0.00835. The number of aliphatic imine (C=N–C) groups is 1. The van der Waals surface area contributed by atoms with Crippen LogP contribution < -0.4 is 5.32 Å². The molecule has 7 nitrogen and oxygen atoms in total. The highest BCUT2D eigenvalue weighted by Crippen LogP contribution is 2.45. The predicted molar refractivity (Wildman–Crippen MR) is 156 cm³/mol. The second-order valence-electron chi connectivity index (χ2n) is 11.0. The van der Waals surface area contributed by atoms with Crippen LogP contribution in [0.4, 0.5) is 16.4 Å². The highest BCUT2D eigenvalue weighted by atomic mass is 32.1. The summed E-state index contributed by atoms with van der Waals surface area (Å²) < 4.78 is 6.00. The van der Waals surface area contributed by atoms with Gasteiger partial charge < -0.3 is 9.73 Å². The van der Waals surface area contributed by atoms with Crippen molar-refractivity contribution >= 4 is 39.8 Å². The average Bonchev–Trinajstić information content (AvgIpc) is 3.51. The van der Waals surface area contributed by atoms with Crippen LogP contribution in [-0.4, -0.2) is 17.0 Å². The molecule has 2 heterocycles. The Morgan fingerprint density at radius 1 is 1.15 bits per heavy atom. The number of aryl methyl sites for hydroxylation is 1. The molecule has 0 saturated heterocycles. The molecule has 39 heavy (non-hydrogen) atoms. The number of anilines is 1. The molecule has 0 radical (unpaired) electrons. The molecule has 0 saturated carbocycles. The molecule has 0 bridgehead atoms. The Balaban J connectivity index is 1.47. The van der Waals surface area contributed by atoms with Gasteiger partial charge in [0.1, 0.15) is 16.5 Å². The van der Waals surface area contributed by atoms with Crippen molar-refractivity contribution in [3.8, 4) is 11.3 Å². The first-order chi connectivity index (χ1) is 18.6. The number of furan rings is 1. The number of non-ortho nitro benzene ring substituents is 1. The van der Waals surface area contributed by atoms with Gasteiger partial charge in [0.15, 0.2) is 0 Å². The van der Waals surface area contributed by atoms with Crippen LogP contribution in [0.2, 0.25) is 0 Å². The Hall–Kier alpha value is -4.04. The van der Waals surface area contributed by atoms with Crippen molar-refractivity contribution in [2.24, 2.45) is 16.3 Å². The molecule has 1 aliphatic rings. The van der Waals surface area contributed by atoms with Gasteiger partial charge in [0.2, 0.25) is 0 Å². The molecular formula is C31H31N3O4S. The maximum atomic E-state index is 13.5. The van der Waals surface area contributed by atoms with Crippen molar-refractivity contribution in [2.45, 2.75) is 47.0 Å². The topological polar surface area (TPSA) is 97.7 Å². The molecule has 0 unspecified atom stereocenters. The fourth-order valence-electron chi connectivity index (χ4n) is 5.03. The molecule has 1 atom stereocenters. The number of rotatable bonds is 6. The summed E-state index contributed by atoms with van der Waals surface area (Å²) in [7, 11) is 0. The lowest BCUT2D eigenvalue weighted by atomic mass is 9.72. The number of carbonyl (C=O) groups excluding carboxylic acids is 1. The molecule has 5 rings (SSSR count). The van der Waals surface area contributed by atoms with E-state index in [9.17, 15) is 14.9 Å². The molecular weight excluding hydrogens is 510 g/mol. The van der Waals surface area contributed by atoms with Crippen LogP contribution in [0, 0.1) is 28.4 Å². The lowest BCUT2D eigenvalue weighted by Crippen LogP contribution is -2.27. The number of nitrogens with one attached hydrogen (secondary N) is 1. The number of benzene rings is 2. The average molecular weight is 542 g/mol. The third-order valence-corrected chi connectivity index (χ3v) is 8.53. The smallest absolute Gasteiger partial charge is 0.270 e. The first-order valence-electron chi connectivity index (χ1n) is 13.0. The standard InChI is InChI=1S/C31H31N3O4S/c1-19-10-12-22(34(36)37)17-25(19)26-15-13-23(38-26)18-32-30-28(29(35)33-21-8-6-5-7-9-21)24-14-11-20(31(2,3)4)16-27(24)39-30/h5-10,12-13,15,17-18,20H,11,14,16H2,1-4H3,(H,33,35)/t20-/m0/s1. The van der Waals surface area contributed by atoms with E-state index in [0.717, 1.165) is 36.1 Å². The highest BCUT2D eigenvalue weighted by Gasteiger charge is 2.33. The fraction of sp³-hybridized carbons (Fsp3) is 0.290. The van der Waals surface area contributed by atoms with Crippen molar-refractivity contribution in [1.29, 1.82) is 0 Å². The minimum atomic E-state index is -0.418. The third kappa shape index (κ3) is 5.71. The molecule has 0 fully saturated rings. The first kappa shape index (κ1) is 26.6. The van der Waals surface area contributed by atoms with Crippen LogP contribution in [0.1, 0.15) is 59.3 Å². The van der Waals surface area contributed by atoms with E-state index in [1.807, 2.05) is 37.3 Å². The van der Waals surface area contributed by atoms with Crippen molar-refractivity contribution in [3.05, 3.63) is 98.1 Å². The summed E-state index contributed by atoms with van der Waals surface area (Å²) in [5.41, 5.74) is 4.19. The van der Waals surface area contributed by atoms with E-state index in [1.54, 1.807) is 35.8 Å². The highest BCUT2D eigenvalue weighted by molar-refractivity contribution is 7.16. The van der Waals surface area contributed by atoms with Crippen LogP contribution in [0.15, 0.2) is 70.1 Å². The summed E-state index contributed by atoms with van der Waals surface area (Å²) in [4.78, 5) is 30.3. The molecule has 2 aromatic carbocycles. The maximum Gasteiger partial charge on any atom is 0.270 e. The van der Waals surface area contributed by atoms with Gasteiger partial charge in [-0.2, -0.15) is 0 Å². The monoisotopic (exact) mass is 541 g/mol. The van der Waals surface area contributed by atoms with Gasteiger partial charge in [0, 0.05) is 28.3 Å². The number of para-hydroxylation sites is 1. The summed E-state index contributed by atoms with van der Waals surface area (Å²) in [6.07, 6.45) is 4.43. The summed E-state index contributed by atoms with van der Waals surface area (Å²) in [6, 6.07) is 17.7. The van der Waals surface area contributed by atoms with E-state index < -0.39 is 4.92 Å². The van der Waals surface area contributed by atoms with Crippen LogP contribution in [0.5, 0.6) is 0 Å². The number of nitro groups is 1. The molecule has 1 aliphatic carbocycles. The van der Waals surface area contributed by atoms with Gasteiger partial charge in [0.05, 0.1) is 16.7 Å². The molecule has 4 aromatic rings. The summed E-state index contributed by atoms with van der Waals surface area (Å²) in [5, 5.41) is 14.9. The second kappa shape index (κ2) is 10.6. The zero-order valence-corrected chi connectivity index (χ0v) is 23.3. The SMILES string of the molecule is Cc1ccc([N+](=O)[O-])cc1-c1ccc(C=Nc2sc3c(c2C(=O)Nc2ccccc2)CC[C@H](C(C)(C)C)C3)o1. The van der Waals surface area contributed by atoms with E-state index in [4.69, 9.17) is 9.41 Å². The molecule has 8 heteroatoms. The quantitative estimate of drug-likeness (QED) is 0.151. The number of hydrogen-bond donors (Lipinski definition) is 1. The van der Waals surface area contributed by atoms with Gasteiger partial charge in [-0.05, 0) is 72.9 Å². The molecule has 0 spiro atoms. The largest absolute Gasteiger partial charge is 0.455 e. The Morgan fingerprint density at radius 2 is 1.92 bits per heavy atom. The normalized spacial score (nSPS) is 15.3. The van der Waals surface area contributed by atoms with Crippen LogP contribution in [0.25, 0.3) is 11.3 Å². The van der Waals surface area contributed by atoms with Crippen molar-refractivity contribution < 1.29 is 14.1 Å². The van der Waals surface area contributed by atoms with Gasteiger partial charge in [0.25, 0.3) is 11.6 Å². The minimum Gasteiger partial charge on any atom is -0.455 e. The zero-order chi connectivity index (χ0) is 27.7. The van der Waals surface area contributed by atoms with E-state index in [2.05, 4.69) is 26.1 Å². The molecule has 1 N–H and O–H groups in total. The summed E-state index contributed by atoms with van der Waals surface area (Å²) in [5.74, 6) is 1.41. The van der Waals surface area contributed by atoms with Crippen molar-refractivity contribution in [1.82, 2.24) is 0 Å². The van der Waals surface area contributed by atoms with Gasteiger partial charge >= 0.3 is 0 Å². The Labute approximate surface area is 231 Å². The number of carbonyl (C=O) groups is 1. The Morgan fingerprint density at radius 3 is 2.64 bits per heavy atom. The van der Waals surface area contributed by atoms with Gasteiger partial charge in [-0.1, -0.05) is 45.0 Å². The van der Waals surface area contributed by atoms with E-state index in [-0.39, 0.29) is 17.0 Å². The van der Waals surface area contributed by atoms with Gasteiger partial charge in [-0.3, -0.25) is 14.9 Å². The Kier molecular flexibility index (Phi) is 7.23. The summed E-state index contributed by atoms with van der Waals surface area (Å²) in [6.45, 7) is 8.70. The number of fused-ring (bicyclic) bond motifs is 1. The van der Waals surface area contributed by atoms with Gasteiger partial charge in [-0.25, -0.2) is 4.99 Å². The van der Waals surface area contributed by atoms with Crippen LogP contribution >= 0.6 is 11.3 Å². The van der Waals surface area contributed by atoms with E-state index >= 15 is 0 Å². The van der Waals surface area contributed by atoms with E-state index in [1.165, 1.54) is 17.0 Å². The molecule has 1 amide bonds. The van der Waals surface area contributed by atoms with E-state index in [0.29, 0.717) is 33.6 Å². The third-order valence-electron chi connectivity index (χ3n) is 7.36. The number of hydrogen-bond acceptors (Lipinski definition) is 6. The number of nitro benzene ring substituents is 1. The van der Waals surface area contributed by atoms with Crippen molar-refractivity contribution in [2.75, 3.05) is 5.32 Å². The predicted octanol–water partition coefficient (Wildman–Crippen LogP) is 8.38. The molecule has 200 valence electrons. The Bertz CT molecular complexity index is 1560. The van der Waals surface area contributed by atoms with Crippen LogP contribution in [0.3, 0.4) is 0 Å². The zero-order valence-electron chi connectivity index (χ0n) is 22.5. The molecule has 0 aliphatic heterocycles. The number of thiophene rings is 1. The number of amides is 1. The summed E-state index contributed by atoms with van der Waals surface area (Å²) >= 11 is 1.58. The lowest BCUT2D eigenvalue weighted by molar-refractivity contribution is -0.384. The van der Waals surface area contributed by atoms with Crippen molar-refractivity contribution in [3.63, 3.8) is 0 Å². The van der Waals surface area contributed by atoms with Crippen LogP contribution in [-0.2, 0) is 12.8 Å². The maximum absolute atomic E-state index is 13.5. The lowest BCUT2D eigenvalue weighted by Gasteiger charge is -2.33. The van der Waals surface area contributed by atoms with Gasteiger partial charge in [-0.15, -0.1) is 11.3 Å².